The van der Waals surface area contributed by atoms with Crippen LogP contribution in [-0.2, 0) is 14.8 Å². The van der Waals surface area contributed by atoms with E-state index >= 15 is 0 Å². The number of hydrogen-bond acceptors (Lipinski definition) is 4. The van der Waals surface area contributed by atoms with Crippen molar-refractivity contribution in [1.82, 2.24) is 10.2 Å². The van der Waals surface area contributed by atoms with E-state index in [2.05, 4.69) is 23.9 Å². The van der Waals surface area contributed by atoms with Gasteiger partial charge < -0.3 is 10.2 Å². The van der Waals surface area contributed by atoms with Crippen LogP contribution < -0.4 is 10.0 Å². The lowest BCUT2D eigenvalue weighted by molar-refractivity contribution is -0.126. The Kier molecular flexibility index (Phi) is 7.24. The molecule has 1 fully saturated rings. The molecule has 1 atom stereocenters. The van der Waals surface area contributed by atoms with Crippen LogP contribution in [0.4, 0.5) is 5.69 Å². The third-order valence-corrected chi connectivity index (χ3v) is 5.14. The van der Waals surface area contributed by atoms with Gasteiger partial charge in [-0.1, -0.05) is 13.8 Å². The van der Waals surface area contributed by atoms with Gasteiger partial charge in [0.15, 0.2) is 0 Å². The molecule has 0 bridgehead atoms. The predicted octanol–water partition coefficient (Wildman–Crippen LogP) is 2.07. The van der Waals surface area contributed by atoms with Gasteiger partial charge >= 0.3 is 0 Å². The van der Waals surface area contributed by atoms with Crippen LogP contribution in [0.15, 0.2) is 24.3 Å². The molecule has 7 nitrogen and oxygen atoms in total. The summed E-state index contributed by atoms with van der Waals surface area (Å²) in [5, 5.41) is 2.97. The molecule has 1 saturated heterocycles. The Morgan fingerprint density at radius 1 is 1.22 bits per heavy atom. The zero-order valence-electron chi connectivity index (χ0n) is 16.2. The number of benzene rings is 1. The summed E-state index contributed by atoms with van der Waals surface area (Å²) in [5.41, 5.74) is 0.894. The summed E-state index contributed by atoms with van der Waals surface area (Å²) in [6.45, 7) is 5.93. The number of likely N-dealkylation sites (tertiary alicyclic amines) is 1. The second kappa shape index (κ2) is 9.21. The van der Waals surface area contributed by atoms with Crippen molar-refractivity contribution in [1.29, 1.82) is 0 Å². The van der Waals surface area contributed by atoms with Crippen molar-refractivity contribution < 1.29 is 18.0 Å². The number of nitrogens with zero attached hydrogens (tertiary/aromatic N) is 1. The van der Waals surface area contributed by atoms with Gasteiger partial charge in [-0.3, -0.25) is 14.3 Å². The first-order valence-electron chi connectivity index (χ1n) is 9.30. The van der Waals surface area contributed by atoms with E-state index in [4.69, 9.17) is 0 Å². The minimum Gasteiger partial charge on any atom is -0.356 e. The van der Waals surface area contributed by atoms with Gasteiger partial charge in [-0.2, -0.15) is 0 Å². The van der Waals surface area contributed by atoms with E-state index in [9.17, 15) is 18.0 Å². The summed E-state index contributed by atoms with van der Waals surface area (Å²) >= 11 is 0. The Bertz CT molecular complexity index is 760. The van der Waals surface area contributed by atoms with Crippen molar-refractivity contribution in [2.75, 3.05) is 30.6 Å². The number of sulfonamides is 1. The fraction of sp³-hybridized carbons (Fsp3) is 0.579. The Hall–Kier alpha value is -2.09. The van der Waals surface area contributed by atoms with Crippen molar-refractivity contribution >= 4 is 27.5 Å². The number of piperidine rings is 1. The van der Waals surface area contributed by atoms with E-state index in [1.54, 1.807) is 29.2 Å². The summed E-state index contributed by atoms with van der Waals surface area (Å²) in [4.78, 5) is 26.8. The minimum atomic E-state index is -3.35. The van der Waals surface area contributed by atoms with Gasteiger partial charge in [0.2, 0.25) is 15.9 Å². The lowest BCUT2D eigenvalue weighted by atomic mass is 9.96. The molecule has 0 radical (unpaired) electrons. The normalized spacial score (nSPS) is 17.6. The summed E-state index contributed by atoms with van der Waals surface area (Å²) < 4.78 is 24.9. The molecule has 1 aliphatic heterocycles. The highest BCUT2D eigenvalue weighted by Crippen LogP contribution is 2.20. The third kappa shape index (κ3) is 6.86. The summed E-state index contributed by atoms with van der Waals surface area (Å²) in [7, 11) is -3.35. The van der Waals surface area contributed by atoms with Crippen LogP contribution >= 0.6 is 0 Å². The first kappa shape index (κ1) is 21.2. The molecule has 0 saturated carbocycles. The fourth-order valence-corrected chi connectivity index (χ4v) is 3.65. The molecule has 2 amide bonds. The molecule has 0 aliphatic carbocycles. The van der Waals surface area contributed by atoms with Gasteiger partial charge in [-0.05, 0) is 49.4 Å². The molecular weight excluding hydrogens is 366 g/mol. The van der Waals surface area contributed by atoms with Gasteiger partial charge in [0.05, 0.1) is 12.2 Å². The number of rotatable bonds is 7. The molecule has 0 spiro atoms. The molecule has 1 aromatic rings. The van der Waals surface area contributed by atoms with E-state index in [0.29, 0.717) is 36.8 Å². The summed E-state index contributed by atoms with van der Waals surface area (Å²) in [5.74, 6) is 0.234. The maximum absolute atomic E-state index is 12.7. The van der Waals surface area contributed by atoms with Crippen LogP contribution in [0.5, 0.6) is 0 Å². The lowest BCUT2D eigenvalue weighted by Crippen LogP contribution is -2.45. The molecule has 0 aromatic heterocycles. The van der Waals surface area contributed by atoms with Crippen molar-refractivity contribution in [3.8, 4) is 0 Å². The topological polar surface area (TPSA) is 95.6 Å². The molecule has 2 N–H and O–H groups in total. The summed E-state index contributed by atoms with van der Waals surface area (Å²) in [6, 6.07) is 6.33. The van der Waals surface area contributed by atoms with Gasteiger partial charge in [0.1, 0.15) is 0 Å². The number of hydrogen-bond donors (Lipinski definition) is 2. The van der Waals surface area contributed by atoms with E-state index in [-0.39, 0.29) is 17.7 Å². The first-order valence-corrected chi connectivity index (χ1v) is 11.2. The molecule has 150 valence electrons. The van der Waals surface area contributed by atoms with Crippen LogP contribution in [0, 0.1) is 11.8 Å². The zero-order chi connectivity index (χ0) is 20.0. The SMILES string of the molecule is CC(C)CCNC(=O)C1CCCN(C(=O)c2ccc(NS(C)(=O)=O)cc2)C1. The van der Waals surface area contributed by atoms with Gasteiger partial charge in [-0.15, -0.1) is 0 Å². The van der Waals surface area contributed by atoms with Gasteiger partial charge in [0, 0.05) is 30.9 Å². The average Bonchev–Trinajstić information content (AvgIpc) is 2.60. The largest absolute Gasteiger partial charge is 0.356 e. The maximum atomic E-state index is 12.7. The molecule has 8 heteroatoms. The maximum Gasteiger partial charge on any atom is 0.253 e. The fourth-order valence-electron chi connectivity index (χ4n) is 3.08. The lowest BCUT2D eigenvalue weighted by Gasteiger charge is -2.32. The van der Waals surface area contributed by atoms with E-state index < -0.39 is 10.0 Å². The standard InChI is InChI=1S/C19H29N3O4S/c1-14(2)10-11-20-18(23)16-5-4-12-22(13-16)19(24)15-6-8-17(9-7-15)21-27(3,25)26/h6-9,14,16,21H,4-5,10-13H2,1-3H3,(H,20,23). The van der Waals surface area contributed by atoms with Crippen LogP contribution in [-0.4, -0.2) is 51.0 Å². The monoisotopic (exact) mass is 395 g/mol. The molecule has 1 unspecified atom stereocenters. The average molecular weight is 396 g/mol. The number of carbonyl (C=O) groups excluding carboxylic acids is 2. The molecule has 2 rings (SSSR count). The van der Waals surface area contributed by atoms with E-state index in [0.717, 1.165) is 25.5 Å². The molecular formula is C19H29N3O4S. The first-order chi connectivity index (χ1) is 12.7. The number of carbonyl (C=O) groups is 2. The van der Waals surface area contributed by atoms with E-state index in [1.165, 1.54) is 0 Å². The third-order valence-electron chi connectivity index (χ3n) is 4.54. The number of anilines is 1. The highest BCUT2D eigenvalue weighted by atomic mass is 32.2. The molecule has 1 aromatic carbocycles. The Balaban J connectivity index is 1.94. The highest BCUT2D eigenvalue weighted by Gasteiger charge is 2.28. The van der Waals surface area contributed by atoms with Crippen LogP contribution in [0.2, 0.25) is 0 Å². The molecule has 1 heterocycles. The predicted molar refractivity (Wildman–Crippen MR) is 106 cm³/mol. The van der Waals surface area contributed by atoms with Crippen molar-refractivity contribution in [3.63, 3.8) is 0 Å². The van der Waals surface area contributed by atoms with Gasteiger partial charge in [0.25, 0.3) is 5.91 Å². The summed E-state index contributed by atoms with van der Waals surface area (Å²) in [6.07, 6.45) is 3.59. The van der Waals surface area contributed by atoms with Crippen LogP contribution in [0.3, 0.4) is 0 Å². The zero-order valence-corrected chi connectivity index (χ0v) is 17.0. The Labute approximate surface area is 161 Å². The smallest absolute Gasteiger partial charge is 0.253 e. The second-order valence-electron chi connectivity index (χ2n) is 7.52. The van der Waals surface area contributed by atoms with Crippen LogP contribution in [0.25, 0.3) is 0 Å². The highest BCUT2D eigenvalue weighted by molar-refractivity contribution is 7.92. The second-order valence-corrected chi connectivity index (χ2v) is 9.26. The quantitative estimate of drug-likeness (QED) is 0.739. The van der Waals surface area contributed by atoms with Crippen molar-refractivity contribution in [2.24, 2.45) is 11.8 Å². The number of amides is 2. The van der Waals surface area contributed by atoms with Gasteiger partial charge in [-0.25, -0.2) is 8.42 Å². The van der Waals surface area contributed by atoms with Crippen molar-refractivity contribution in [3.05, 3.63) is 29.8 Å². The number of nitrogens with one attached hydrogen (secondary N) is 2. The van der Waals surface area contributed by atoms with Crippen LogP contribution in [0.1, 0.15) is 43.5 Å². The van der Waals surface area contributed by atoms with E-state index in [1.807, 2.05) is 0 Å². The Morgan fingerprint density at radius 2 is 1.89 bits per heavy atom. The minimum absolute atomic E-state index is 0.0147. The van der Waals surface area contributed by atoms with Crippen molar-refractivity contribution in [2.45, 2.75) is 33.1 Å². The Morgan fingerprint density at radius 3 is 2.48 bits per heavy atom. The molecule has 27 heavy (non-hydrogen) atoms. The molecule has 1 aliphatic rings.